The number of hydrogen-bond donors (Lipinski definition) is 1. The third-order valence-corrected chi connectivity index (χ3v) is 4.97. The molecule has 1 fully saturated rings. The van der Waals surface area contributed by atoms with Crippen molar-refractivity contribution in [3.8, 4) is 5.75 Å². The van der Waals surface area contributed by atoms with Crippen LogP contribution in [0.3, 0.4) is 0 Å². The molecule has 0 aromatic heterocycles. The minimum absolute atomic E-state index is 0.224. The van der Waals surface area contributed by atoms with E-state index in [0.29, 0.717) is 0 Å². The summed E-state index contributed by atoms with van der Waals surface area (Å²) in [5.41, 5.74) is 0.442. The van der Waals surface area contributed by atoms with Crippen LogP contribution in [0.1, 0.15) is 57.9 Å². The van der Waals surface area contributed by atoms with Crippen LogP contribution < -0.4 is 4.74 Å². The molecule has 0 aliphatic heterocycles. The highest BCUT2D eigenvalue weighted by atomic mass is 16.5. The first-order valence-corrected chi connectivity index (χ1v) is 7.90. The Bertz CT molecular complexity index is 476. The fourth-order valence-corrected chi connectivity index (χ4v) is 4.16. The SMILES string of the molecule is CCCC1(CCC)CC(C(=O)O)(c2ccc(OC)cc2)C1. The van der Waals surface area contributed by atoms with Crippen molar-refractivity contribution in [2.75, 3.05) is 7.11 Å². The molecule has 0 heterocycles. The van der Waals surface area contributed by atoms with Gasteiger partial charge in [0.25, 0.3) is 0 Å². The van der Waals surface area contributed by atoms with Crippen molar-refractivity contribution in [1.29, 1.82) is 0 Å². The third kappa shape index (κ3) is 2.78. The molecule has 1 saturated carbocycles. The van der Waals surface area contributed by atoms with Crippen molar-refractivity contribution in [2.45, 2.75) is 57.8 Å². The van der Waals surface area contributed by atoms with E-state index in [4.69, 9.17) is 4.74 Å². The van der Waals surface area contributed by atoms with Gasteiger partial charge in [-0.3, -0.25) is 4.79 Å². The van der Waals surface area contributed by atoms with Gasteiger partial charge in [0.15, 0.2) is 0 Å². The number of hydrogen-bond acceptors (Lipinski definition) is 2. The number of aliphatic carboxylic acids is 1. The summed E-state index contributed by atoms with van der Waals surface area (Å²) < 4.78 is 5.16. The van der Waals surface area contributed by atoms with Crippen LogP contribution >= 0.6 is 0 Å². The number of benzene rings is 1. The molecule has 3 nitrogen and oxygen atoms in total. The first-order chi connectivity index (χ1) is 10.0. The highest BCUT2D eigenvalue weighted by Crippen LogP contribution is 2.60. The molecule has 0 bridgehead atoms. The van der Waals surface area contributed by atoms with Gasteiger partial charge in [-0.05, 0) is 48.8 Å². The second-order valence-electron chi connectivity index (χ2n) is 6.47. The van der Waals surface area contributed by atoms with Crippen LogP contribution in [0.15, 0.2) is 24.3 Å². The minimum Gasteiger partial charge on any atom is -0.497 e. The molecule has 1 aromatic rings. The lowest BCUT2D eigenvalue weighted by Gasteiger charge is -2.55. The molecule has 2 rings (SSSR count). The topological polar surface area (TPSA) is 46.5 Å². The Labute approximate surface area is 127 Å². The first kappa shape index (κ1) is 15.9. The predicted octanol–water partition coefficient (Wildman–Crippen LogP) is 4.40. The quantitative estimate of drug-likeness (QED) is 0.809. The number of carboxylic acids is 1. The fraction of sp³-hybridized carbons (Fsp3) is 0.611. The lowest BCUT2D eigenvalue weighted by Crippen LogP contribution is -2.54. The zero-order valence-corrected chi connectivity index (χ0v) is 13.3. The molecule has 0 radical (unpaired) electrons. The normalized spacial score (nSPS) is 18.8. The van der Waals surface area contributed by atoms with E-state index >= 15 is 0 Å². The molecule has 0 saturated heterocycles. The molecular weight excluding hydrogens is 264 g/mol. The lowest BCUT2D eigenvalue weighted by atomic mass is 9.48. The average Bonchev–Trinajstić information content (AvgIpc) is 2.44. The Morgan fingerprint density at radius 1 is 1.14 bits per heavy atom. The Kier molecular flexibility index (Phi) is 4.60. The maximum atomic E-state index is 11.9. The summed E-state index contributed by atoms with van der Waals surface area (Å²) in [5, 5.41) is 9.80. The van der Waals surface area contributed by atoms with Gasteiger partial charge in [0.1, 0.15) is 5.75 Å². The molecular formula is C18H26O3. The predicted molar refractivity (Wildman–Crippen MR) is 83.8 cm³/mol. The second kappa shape index (κ2) is 6.08. The fourth-order valence-electron chi connectivity index (χ4n) is 4.16. The molecule has 0 spiro atoms. The van der Waals surface area contributed by atoms with Crippen LogP contribution in [0, 0.1) is 5.41 Å². The van der Waals surface area contributed by atoms with Crippen LogP contribution in [0.25, 0.3) is 0 Å². The minimum atomic E-state index is -0.698. The van der Waals surface area contributed by atoms with Gasteiger partial charge in [0.2, 0.25) is 0 Å². The molecule has 1 N–H and O–H groups in total. The Balaban J connectivity index is 2.26. The van der Waals surface area contributed by atoms with Gasteiger partial charge >= 0.3 is 5.97 Å². The molecule has 0 unspecified atom stereocenters. The summed E-state index contributed by atoms with van der Waals surface area (Å²) in [5.74, 6) is 0.0856. The van der Waals surface area contributed by atoms with E-state index < -0.39 is 11.4 Å². The van der Waals surface area contributed by atoms with Gasteiger partial charge < -0.3 is 9.84 Å². The zero-order chi connectivity index (χ0) is 15.5. The van der Waals surface area contributed by atoms with Crippen LogP contribution in [0.5, 0.6) is 5.75 Å². The standard InChI is InChI=1S/C18H26O3/c1-4-10-17(11-5-2)12-18(13-17,16(19)20)14-6-8-15(21-3)9-7-14/h6-9H,4-5,10-13H2,1-3H3,(H,19,20). The van der Waals surface area contributed by atoms with Crippen molar-refractivity contribution in [3.63, 3.8) is 0 Å². The van der Waals surface area contributed by atoms with E-state index in [1.165, 1.54) is 0 Å². The molecule has 21 heavy (non-hydrogen) atoms. The molecule has 1 aromatic carbocycles. The Morgan fingerprint density at radius 3 is 2.05 bits per heavy atom. The van der Waals surface area contributed by atoms with Crippen LogP contribution in [0.4, 0.5) is 0 Å². The van der Waals surface area contributed by atoms with Crippen molar-refractivity contribution in [1.82, 2.24) is 0 Å². The van der Waals surface area contributed by atoms with Crippen molar-refractivity contribution in [2.24, 2.45) is 5.41 Å². The number of carboxylic acid groups (broad SMARTS) is 1. The first-order valence-electron chi connectivity index (χ1n) is 7.90. The largest absolute Gasteiger partial charge is 0.497 e. The third-order valence-electron chi connectivity index (χ3n) is 4.97. The summed E-state index contributed by atoms with van der Waals surface area (Å²) in [7, 11) is 1.62. The van der Waals surface area contributed by atoms with E-state index in [9.17, 15) is 9.90 Å². The van der Waals surface area contributed by atoms with Gasteiger partial charge in [0, 0.05) is 0 Å². The van der Waals surface area contributed by atoms with E-state index in [2.05, 4.69) is 13.8 Å². The van der Waals surface area contributed by atoms with Crippen LogP contribution in [0.2, 0.25) is 0 Å². The average molecular weight is 290 g/mol. The van der Waals surface area contributed by atoms with E-state index in [0.717, 1.165) is 49.8 Å². The molecule has 0 amide bonds. The number of methoxy groups -OCH3 is 1. The summed E-state index contributed by atoms with van der Waals surface area (Å²) in [6.07, 6.45) is 6.04. The highest BCUT2D eigenvalue weighted by Gasteiger charge is 2.58. The Hall–Kier alpha value is -1.51. The van der Waals surface area contributed by atoms with E-state index in [-0.39, 0.29) is 5.41 Å². The van der Waals surface area contributed by atoms with Gasteiger partial charge in [0.05, 0.1) is 12.5 Å². The smallest absolute Gasteiger partial charge is 0.314 e. The summed E-state index contributed by atoms with van der Waals surface area (Å²) in [6.45, 7) is 4.37. The molecule has 1 aliphatic carbocycles. The summed E-state index contributed by atoms with van der Waals surface area (Å²) in [6, 6.07) is 7.54. The van der Waals surface area contributed by atoms with E-state index in [1.54, 1.807) is 7.11 Å². The molecule has 0 atom stereocenters. The lowest BCUT2D eigenvalue weighted by molar-refractivity contribution is -0.155. The summed E-state index contributed by atoms with van der Waals surface area (Å²) in [4.78, 5) is 11.9. The van der Waals surface area contributed by atoms with Gasteiger partial charge in [-0.15, -0.1) is 0 Å². The highest BCUT2D eigenvalue weighted by molar-refractivity contribution is 5.83. The number of rotatable bonds is 7. The maximum Gasteiger partial charge on any atom is 0.314 e. The molecule has 116 valence electrons. The second-order valence-corrected chi connectivity index (χ2v) is 6.47. The van der Waals surface area contributed by atoms with Crippen molar-refractivity contribution < 1.29 is 14.6 Å². The number of ether oxygens (including phenoxy) is 1. The van der Waals surface area contributed by atoms with Crippen molar-refractivity contribution in [3.05, 3.63) is 29.8 Å². The Morgan fingerprint density at radius 2 is 1.67 bits per heavy atom. The number of carbonyl (C=O) groups is 1. The van der Waals surface area contributed by atoms with Crippen molar-refractivity contribution >= 4 is 5.97 Å². The van der Waals surface area contributed by atoms with Gasteiger partial charge in [-0.25, -0.2) is 0 Å². The van der Waals surface area contributed by atoms with Crippen LogP contribution in [-0.4, -0.2) is 18.2 Å². The maximum absolute atomic E-state index is 11.9. The molecule has 3 heteroatoms. The van der Waals surface area contributed by atoms with Gasteiger partial charge in [-0.2, -0.15) is 0 Å². The monoisotopic (exact) mass is 290 g/mol. The van der Waals surface area contributed by atoms with Gasteiger partial charge in [-0.1, -0.05) is 38.8 Å². The van der Waals surface area contributed by atoms with Crippen LogP contribution in [-0.2, 0) is 10.2 Å². The zero-order valence-electron chi connectivity index (χ0n) is 13.3. The molecule has 1 aliphatic rings. The van der Waals surface area contributed by atoms with E-state index in [1.807, 2.05) is 24.3 Å². The summed E-state index contributed by atoms with van der Waals surface area (Å²) >= 11 is 0.